The molecule has 2 aromatic rings. The van der Waals surface area contributed by atoms with Crippen LogP contribution in [0.25, 0.3) is 5.57 Å². The van der Waals surface area contributed by atoms with Gasteiger partial charge in [-0.05, 0) is 29.8 Å². The molecule has 0 radical (unpaired) electrons. The summed E-state index contributed by atoms with van der Waals surface area (Å²) in [5.74, 6) is 0.288. The quantitative estimate of drug-likeness (QED) is 0.880. The van der Waals surface area contributed by atoms with Crippen molar-refractivity contribution in [2.75, 3.05) is 6.54 Å². The Hall–Kier alpha value is -2.06. The van der Waals surface area contributed by atoms with Crippen LogP contribution in [0.2, 0.25) is 5.02 Å². The largest absolute Gasteiger partial charge is 0.507 e. The molecule has 3 heteroatoms. The van der Waals surface area contributed by atoms with Gasteiger partial charge in [-0.25, -0.2) is 0 Å². The monoisotopic (exact) mass is 269 g/mol. The van der Waals surface area contributed by atoms with E-state index >= 15 is 0 Å². The molecule has 19 heavy (non-hydrogen) atoms. The predicted octanol–water partition coefficient (Wildman–Crippen LogP) is 3.93. The van der Waals surface area contributed by atoms with Crippen molar-refractivity contribution < 1.29 is 5.11 Å². The predicted molar refractivity (Wildman–Crippen MR) is 78.9 cm³/mol. The summed E-state index contributed by atoms with van der Waals surface area (Å²) >= 11 is 5.99. The van der Waals surface area contributed by atoms with E-state index in [1.54, 1.807) is 6.07 Å². The third-order valence-corrected chi connectivity index (χ3v) is 3.34. The lowest BCUT2D eigenvalue weighted by molar-refractivity contribution is 0.473. The Balaban J connectivity index is 1.95. The van der Waals surface area contributed by atoms with E-state index < -0.39 is 0 Å². The minimum absolute atomic E-state index is 0.288. The number of aromatic hydroxyl groups is 1. The van der Waals surface area contributed by atoms with Crippen LogP contribution in [0.1, 0.15) is 11.1 Å². The number of hydrogen-bond donors (Lipinski definition) is 1. The van der Waals surface area contributed by atoms with Gasteiger partial charge < -0.3 is 5.11 Å². The van der Waals surface area contributed by atoms with Crippen LogP contribution >= 0.6 is 11.6 Å². The van der Waals surface area contributed by atoms with Crippen molar-refractivity contribution in [2.45, 2.75) is 0 Å². The van der Waals surface area contributed by atoms with Crippen LogP contribution in [0.5, 0.6) is 5.75 Å². The number of hydrogen-bond acceptors (Lipinski definition) is 2. The Morgan fingerprint density at radius 1 is 1.05 bits per heavy atom. The molecule has 0 saturated carbocycles. The summed E-state index contributed by atoms with van der Waals surface area (Å²) in [6, 6.07) is 14.9. The molecule has 3 rings (SSSR count). The van der Waals surface area contributed by atoms with E-state index in [4.69, 9.17) is 11.6 Å². The second-order valence-corrected chi connectivity index (χ2v) is 4.83. The first-order valence-corrected chi connectivity index (χ1v) is 6.41. The van der Waals surface area contributed by atoms with Crippen LogP contribution in [0.15, 0.2) is 59.6 Å². The molecule has 1 N–H and O–H groups in total. The van der Waals surface area contributed by atoms with E-state index in [9.17, 15) is 5.11 Å². The summed E-state index contributed by atoms with van der Waals surface area (Å²) in [6.07, 6.45) is 2.00. The highest BCUT2D eigenvalue weighted by Gasteiger charge is 2.14. The van der Waals surface area contributed by atoms with Gasteiger partial charge in [-0.15, -0.1) is 0 Å². The maximum Gasteiger partial charge on any atom is 0.123 e. The van der Waals surface area contributed by atoms with Crippen molar-refractivity contribution in [3.8, 4) is 5.75 Å². The Morgan fingerprint density at radius 3 is 2.68 bits per heavy atom. The number of halogens is 1. The van der Waals surface area contributed by atoms with Crippen molar-refractivity contribution in [3.05, 3.63) is 70.8 Å². The second kappa shape index (κ2) is 4.90. The molecule has 0 unspecified atom stereocenters. The summed E-state index contributed by atoms with van der Waals surface area (Å²) < 4.78 is 0. The van der Waals surface area contributed by atoms with E-state index in [2.05, 4.69) is 4.99 Å². The molecule has 2 nitrogen and oxygen atoms in total. The molecule has 1 aliphatic rings. The Kier molecular flexibility index (Phi) is 3.10. The molecule has 1 aliphatic heterocycles. The van der Waals surface area contributed by atoms with Crippen molar-refractivity contribution in [1.29, 1.82) is 0 Å². The summed E-state index contributed by atoms with van der Waals surface area (Å²) in [5.41, 5.74) is 3.76. The molecule has 0 saturated heterocycles. The second-order valence-electron chi connectivity index (χ2n) is 4.40. The number of phenols is 1. The van der Waals surface area contributed by atoms with Gasteiger partial charge in [0.1, 0.15) is 5.75 Å². The number of nitrogens with zero attached hydrogens (tertiary/aromatic N) is 1. The fourth-order valence-electron chi connectivity index (χ4n) is 2.16. The molecular weight excluding hydrogens is 258 g/mol. The maximum atomic E-state index is 9.86. The fourth-order valence-corrected chi connectivity index (χ4v) is 2.35. The van der Waals surface area contributed by atoms with Gasteiger partial charge in [0.25, 0.3) is 0 Å². The average molecular weight is 270 g/mol. The lowest BCUT2D eigenvalue weighted by Crippen LogP contribution is -1.93. The van der Waals surface area contributed by atoms with Crippen molar-refractivity contribution in [1.82, 2.24) is 0 Å². The van der Waals surface area contributed by atoms with Gasteiger partial charge in [0.2, 0.25) is 0 Å². The lowest BCUT2D eigenvalue weighted by atomic mass is 10.0. The van der Waals surface area contributed by atoms with Crippen LogP contribution in [-0.2, 0) is 0 Å². The van der Waals surface area contributed by atoms with Gasteiger partial charge >= 0.3 is 0 Å². The average Bonchev–Trinajstić information content (AvgIpc) is 2.89. The fraction of sp³-hybridized carbons (Fsp3) is 0.0625. The molecular formula is C16H12ClNO. The molecule has 0 fully saturated rings. The lowest BCUT2D eigenvalue weighted by Gasteiger charge is -2.03. The van der Waals surface area contributed by atoms with Crippen molar-refractivity contribution in [3.63, 3.8) is 0 Å². The van der Waals surface area contributed by atoms with Gasteiger partial charge in [0.15, 0.2) is 0 Å². The van der Waals surface area contributed by atoms with Gasteiger partial charge in [0.05, 0.1) is 12.3 Å². The SMILES string of the molecule is Oc1ccccc1C1=CC(c2cccc(Cl)c2)=NC1. The van der Waals surface area contributed by atoms with Crippen LogP contribution in [0, 0.1) is 0 Å². The third-order valence-electron chi connectivity index (χ3n) is 3.10. The van der Waals surface area contributed by atoms with Crippen molar-refractivity contribution >= 4 is 22.9 Å². The van der Waals surface area contributed by atoms with E-state index in [1.807, 2.05) is 48.5 Å². The zero-order valence-electron chi connectivity index (χ0n) is 10.2. The van der Waals surface area contributed by atoms with Crippen molar-refractivity contribution in [2.24, 2.45) is 4.99 Å². The maximum absolute atomic E-state index is 9.86. The number of benzene rings is 2. The van der Waals surface area contributed by atoms with Gasteiger partial charge in [0, 0.05) is 16.1 Å². The molecule has 0 aliphatic carbocycles. The van der Waals surface area contributed by atoms with Crippen LogP contribution in [0.4, 0.5) is 0 Å². The van der Waals surface area contributed by atoms with E-state index in [1.165, 1.54) is 0 Å². The number of phenolic OH excluding ortho intramolecular Hbond substituents is 1. The summed E-state index contributed by atoms with van der Waals surface area (Å²) in [6.45, 7) is 0.583. The topological polar surface area (TPSA) is 32.6 Å². The normalized spacial score (nSPS) is 14.2. The first kappa shape index (κ1) is 12.0. The number of aliphatic imine (C=N–C) groups is 1. The number of allylic oxidation sites excluding steroid dienone is 1. The molecule has 1 heterocycles. The van der Waals surface area contributed by atoms with E-state index in [0.29, 0.717) is 11.6 Å². The highest BCUT2D eigenvalue weighted by atomic mass is 35.5. The highest BCUT2D eigenvalue weighted by Crippen LogP contribution is 2.28. The van der Waals surface area contributed by atoms with E-state index in [0.717, 1.165) is 22.4 Å². The molecule has 0 atom stereocenters. The highest BCUT2D eigenvalue weighted by molar-refractivity contribution is 6.31. The zero-order chi connectivity index (χ0) is 13.2. The molecule has 0 amide bonds. The van der Waals surface area contributed by atoms with Crippen LogP contribution < -0.4 is 0 Å². The minimum Gasteiger partial charge on any atom is -0.507 e. The summed E-state index contributed by atoms with van der Waals surface area (Å²) in [5, 5.41) is 10.6. The Labute approximate surface area is 116 Å². The first-order valence-electron chi connectivity index (χ1n) is 6.03. The van der Waals surface area contributed by atoms with Gasteiger partial charge in [-0.1, -0.05) is 41.9 Å². The number of rotatable bonds is 2. The molecule has 94 valence electrons. The van der Waals surface area contributed by atoms with Gasteiger partial charge in [-0.3, -0.25) is 4.99 Å². The summed E-state index contributed by atoms with van der Waals surface area (Å²) in [7, 11) is 0. The minimum atomic E-state index is 0.288. The van der Waals surface area contributed by atoms with Crippen LogP contribution in [0.3, 0.4) is 0 Å². The zero-order valence-corrected chi connectivity index (χ0v) is 10.9. The smallest absolute Gasteiger partial charge is 0.123 e. The third kappa shape index (κ3) is 2.40. The Bertz CT molecular complexity index is 689. The first-order chi connectivity index (χ1) is 9.24. The Morgan fingerprint density at radius 2 is 1.89 bits per heavy atom. The summed E-state index contributed by atoms with van der Waals surface area (Å²) in [4.78, 5) is 4.50. The molecule has 0 aromatic heterocycles. The molecule has 0 bridgehead atoms. The molecule has 2 aromatic carbocycles. The van der Waals surface area contributed by atoms with Crippen LogP contribution in [-0.4, -0.2) is 17.4 Å². The van der Waals surface area contributed by atoms with E-state index in [-0.39, 0.29) is 5.75 Å². The number of para-hydroxylation sites is 1. The standard InChI is InChI=1S/C16H12ClNO/c17-13-5-3-4-11(8-13)15-9-12(10-18-15)14-6-1-2-7-16(14)19/h1-9,19H,10H2. The van der Waals surface area contributed by atoms with Gasteiger partial charge in [-0.2, -0.15) is 0 Å². The molecule has 0 spiro atoms.